The van der Waals surface area contributed by atoms with E-state index < -0.39 is 11.7 Å². The Bertz CT molecular complexity index is 800. The quantitative estimate of drug-likeness (QED) is 0.732. The van der Waals surface area contributed by atoms with Crippen molar-refractivity contribution in [3.8, 4) is 0 Å². The van der Waals surface area contributed by atoms with Gasteiger partial charge in [-0.25, -0.2) is 4.98 Å². The van der Waals surface area contributed by atoms with Gasteiger partial charge in [-0.3, -0.25) is 4.79 Å². The molecular formula is C21H26F3N3O. The molecule has 1 amide bonds. The van der Waals surface area contributed by atoms with E-state index in [1.807, 2.05) is 22.6 Å². The smallest absolute Gasteiger partial charge is 0.341 e. The fraction of sp³-hybridized carbons (Fsp3) is 0.524. The second-order valence-corrected chi connectivity index (χ2v) is 7.37. The summed E-state index contributed by atoms with van der Waals surface area (Å²) in [5.74, 6) is 1.16. The monoisotopic (exact) mass is 393 g/mol. The van der Waals surface area contributed by atoms with E-state index in [2.05, 4.69) is 4.98 Å². The van der Waals surface area contributed by atoms with Gasteiger partial charge in [0.2, 0.25) is 5.91 Å². The average Bonchev–Trinajstić information content (AvgIpc) is 3.13. The Hall–Kier alpha value is -2.31. The third-order valence-electron chi connectivity index (χ3n) is 5.44. The topological polar surface area (TPSA) is 38.1 Å². The zero-order chi connectivity index (χ0) is 20.1. The molecule has 0 aliphatic carbocycles. The maximum Gasteiger partial charge on any atom is 0.416 e. The van der Waals surface area contributed by atoms with Crippen LogP contribution in [0.4, 0.5) is 13.2 Å². The van der Waals surface area contributed by atoms with Gasteiger partial charge in [0, 0.05) is 31.9 Å². The SMILES string of the molecule is CCc1nccn1CC(=O)N1CCCC(CCc2ccccc2C(F)(F)F)C1. The minimum Gasteiger partial charge on any atom is -0.341 e. The van der Waals surface area contributed by atoms with E-state index in [1.165, 1.54) is 6.07 Å². The van der Waals surface area contributed by atoms with Crippen molar-refractivity contribution in [2.24, 2.45) is 5.92 Å². The van der Waals surface area contributed by atoms with E-state index >= 15 is 0 Å². The Labute approximate surface area is 163 Å². The fourth-order valence-electron chi connectivity index (χ4n) is 3.95. The van der Waals surface area contributed by atoms with Crippen molar-refractivity contribution in [3.05, 3.63) is 53.6 Å². The second kappa shape index (κ2) is 8.80. The predicted molar refractivity (Wildman–Crippen MR) is 101 cm³/mol. The number of aromatic nitrogens is 2. The van der Waals surface area contributed by atoms with Gasteiger partial charge < -0.3 is 9.47 Å². The molecule has 1 aliphatic rings. The highest BCUT2D eigenvalue weighted by atomic mass is 19.4. The zero-order valence-electron chi connectivity index (χ0n) is 16.1. The number of aryl methyl sites for hydroxylation is 2. The van der Waals surface area contributed by atoms with E-state index in [4.69, 9.17) is 0 Å². The summed E-state index contributed by atoms with van der Waals surface area (Å²) in [6.45, 7) is 3.60. The molecule has 0 spiro atoms. The van der Waals surface area contributed by atoms with Crippen LogP contribution in [-0.4, -0.2) is 33.4 Å². The molecule has 0 saturated carbocycles. The van der Waals surface area contributed by atoms with Crippen LogP contribution < -0.4 is 0 Å². The molecule has 1 aliphatic heterocycles. The van der Waals surface area contributed by atoms with Gasteiger partial charge in [0.1, 0.15) is 12.4 Å². The summed E-state index contributed by atoms with van der Waals surface area (Å²) in [4.78, 5) is 18.8. The van der Waals surface area contributed by atoms with Gasteiger partial charge in [0.25, 0.3) is 0 Å². The number of carbonyl (C=O) groups is 1. The Morgan fingerprint density at radius 2 is 2.07 bits per heavy atom. The number of hydrogen-bond donors (Lipinski definition) is 0. The number of amides is 1. The molecule has 28 heavy (non-hydrogen) atoms. The lowest BCUT2D eigenvalue weighted by atomic mass is 9.90. The normalized spacial score (nSPS) is 17.7. The Morgan fingerprint density at radius 3 is 2.82 bits per heavy atom. The predicted octanol–water partition coefficient (Wildman–Crippen LogP) is 4.34. The van der Waals surface area contributed by atoms with Gasteiger partial charge in [0.15, 0.2) is 0 Å². The van der Waals surface area contributed by atoms with Crippen LogP contribution in [0.2, 0.25) is 0 Å². The molecule has 7 heteroatoms. The van der Waals surface area contributed by atoms with Gasteiger partial charge >= 0.3 is 6.18 Å². The Morgan fingerprint density at radius 1 is 1.29 bits per heavy atom. The second-order valence-electron chi connectivity index (χ2n) is 7.37. The maximum atomic E-state index is 13.2. The van der Waals surface area contributed by atoms with Gasteiger partial charge in [-0.1, -0.05) is 25.1 Å². The maximum absolute atomic E-state index is 13.2. The van der Waals surface area contributed by atoms with Crippen molar-refractivity contribution >= 4 is 5.91 Å². The van der Waals surface area contributed by atoms with Crippen molar-refractivity contribution in [1.29, 1.82) is 0 Å². The molecule has 4 nitrogen and oxygen atoms in total. The third kappa shape index (κ3) is 4.94. The van der Waals surface area contributed by atoms with Crippen LogP contribution in [-0.2, 0) is 30.4 Å². The summed E-state index contributed by atoms with van der Waals surface area (Å²) in [6.07, 6.45) is 2.82. The molecule has 2 heterocycles. The molecule has 0 N–H and O–H groups in total. The molecular weight excluding hydrogens is 367 g/mol. The number of benzene rings is 1. The average molecular weight is 393 g/mol. The number of carbonyl (C=O) groups excluding carboxylic acids is 1. The van der Waals surface area contributed by atoms with E-state index in [-0.39, 0.29) is 18.4 Å². The lowest BCUT2D eigenvalue weighted by molar-refractivity contribution is -0.138. The molecule has 0 bridgehead atoms. The van der Waals surface area contributed by atoms with Crippen molar-refractivity contribution in [3.63, 3.8) is 0 Å². The summed E-state index contributed by atoms with van der Waals surface area (Å²) in [7, 11) is 0. The number of piperidine rings is 1. The van der Waals surface area contributed by atoms with Crippen LogP contribution in [0.5, 0.6) is 0 Å². The number of hydrogen-bond acceptors (Lipinski definition) is 2. The molecule has 1 aromatic carbocycles. The summed E-state index contributed by atoms with van der Waals surface area (Å²) in [5.41, 5.74) is -0.213. The van der Waals surface area contributed by atoms with Crippen LogP contribution in [0.1, 0.15) is 43.1 Å². The van der Waals surface area contributed by atoms with E-state index in [9.17, 15) is 18.0 Å². The Balaban J connectivity index is 1.58. The van der Waals surface area contributed by atoms with Gasteiger partial charge in [-0.05, 0) is 43.2 Å². The molecule has 1 saturated heterocycles. The third-order valence-corrected chi connectivity index (χ3v) is 5.44. The van der Waals surface area contributed by atoms with Crippen LogP contribution in [0.25, 0.3) is 0 Å². The molecule has 0 radical (unpaired) electrons. The summed E-state index contributed by atoms with van der Waals surface area (Å²) < 4.78 is 41.4. The summed E-state index contributed by atoms with van der Waals surface area (Å²) in [5, 5.41) is 0. The zero-order valence-corrected chi connectivity index (χ0v) is 16.1. The highest BCUT2D eigenvalue weighted by Crippen LogP contribution is 2.33. The summed E-state index contributed by atoms with van der Waals surface area (Å²) in [6, 6.07) is 5.77. The van der Waals surface area contributed by atoms with Gasteiger partial charge in [0.05, 0.1) is 5.56 Å². The van der Waals surface area contributed by atoms with Crippen LogP contribution >= 0.6 is 0 Å². The highest BCUT2D eigenvalue weighted by Gasteiger charge is 2.33. The lowest BCUT2D eigenvalue weighted by Gasteiger charge is -2.33. The molecule has 2 aromatic rings. The number of likely N-dealkylation sites (tertiary alicyclic amines) is 1. The lowest BCUT2D eigenvalue weighted by Crippen LogP contribution is -2.41. The first-order chi connectivity index (χ1) is 13.4. The number of imidazole rings is 1. The van der Waals surface area contributed by atoms with Crippen molar-refractivity contribution in [1.82, 2.24) is 14.5 Å². The van der Waals surface area contributed by atoms with Crippen molar-refractivity contribution in [2.75, 3.05) is 13.1 Å². The van der Waals surface area contributed by atoms with Gasteiger partial charge in [-0.15, -0.1) is 0 Å². The van der Waals surface area contributed by atoms with Crippen LogP contribution in [0, 0.1) is 5.92 Å². The van der Waals surface area contributed by atoms with Gasteiger partial charge in [-0.2, -0.15) is 13.2 Å². The van der Waals surface area contributed by atoms with E-state index in [1.54, 1.807) is 18.3 Å². The van der Waals surface area contributed by atoms with E-state index in [0.29, 0.717) is 31.5 Å². The van der Waals surface area contributed by atoms with Crippen molar-refractivity contribution in [2.45, 2.75) is 51.7 Å². The number of halogens is 3. The largest absolute Gasteiger partial charge is 0.416 e. The first-order valence-corrected chi connectivity index (χ1v) is 9.81. The van der Waals surface area contributed by atoms with Crippen LogP contribution in [0.15, 0.2) is 36.7 Å². The molecule has 1 fully saturated rings. The van der Waals surface area contributed by atoms with Crippen molar-refractivity contribution < 1.29 is 18.0 Å². The molecule has 3 rings (SSSR count). The number of rotatable bonds is 6. The van der Waals surface area contributed by atoms with Crippen LogP contribution in [0.3, 0.4) is 0 Å². The minimum absolute atomic E-state index is 0.0492. The fourth-order valence-corrected chi connectivity index (χ4v) is 3.95. The highest BCUT2D eigenvalue weighted by molar-refractivity contribution is 5.76. The summed E-state index contributed by atoms with van der Waals surface area (Å²) >= 11 is 0. The number of nitrogens with zero attached hydrogens (tertiary/aromatic N) is 3. The minimum atomic E-state index is -4.33. The first-order valence-electron chi connectivity index (χ1n) is 9.81. The standard InChI is InChI=1S/C21H26F3N3O/c1-2-19-25-11-13-26(19)15-20(28)27-12-5-6-16(14-27)9-10-17-7-3-4-8-18(17)21(22,23)24/h3-4,7-8,11,13,16H,2,5-6,9-10,12,14-15H2,1H3. The first kappa shape index (κ1) is 20.4. The number of alkyl halides is 3. The Kier molecular flexibility index (Phi) is 6.42. The molecule has 1 unspecified atom stereocenters. The molecule has 1 atom stereocenters. The van der Waals surface area contributed by atoms with E-state index in [0.717, 1.165) is 31.2 Å². The molecule has 152 valence electrons. The molecule has 1 aromatic heterocycles.